The Morgan fingerprint density at radius 3 is 2.80 bits per heavy atom. The van der Waals surface area contributed by atoms with Gasteiger partial charge in [-0.3, -0.25) is 4.79 Å². The predicted molar refractivity (Wildman–Crippen MR) is 101 cm³/mol. The van der Waals surface area contributed by atoms with Crippen LogP contribution in [0.4, 0.5) is 0 Å². The summed E-state index contributed by atoms with van der Waals surface area (Å²) in [7, 11) is 0. The van der Waals surface area contributed by atoms with E-state index < -0.39 is 0 Å². The molecule has 2 heterocycles. The molecular weight excluding hydrogens is 334 g/mol. The van der Waals surface area contributed by atoms with Crippen LogP contribution < -0.4 is 5.56 Å². The summed E-state index contributed by atoms with van der Waals surface area (Å²) in [5.74, 6) is 0.707. The second-order valence-electron chi connectivity index (χ2n) is 6.59. The number of aromatic amines is 1. The lowest BCUT2D eigenvalue weighted by molar-refractivity contribution is 0.111. The van der Waals surface area contributed by atoms with Gasteiger partial charge < -0.3 is 14.7 Å². The van der Waals surface area contributed by atoms with Gasteiger partial charge in [0.1, 0.15) is 5.82 Å². The van der Waals surface area contributed by atoms with E-state index in [1.807, 2.05) is 30.7 Å². The van der Waals surface area contributed by atoms with Crippen LogP contribution in [-0.4, -0.2) is 32.0 Å². The van der Waals surface area contributed by atoms with E-state index in [4.69, 9.17) is 0 Å². The van der Waals surface area contributed by atoms with E-state index in [1.54, 1.807) is 18.0 Å². The highest BCUT2D eigenvalue weighted by atomic mass is 32.2. The smallest absolute Gasteiger partial charge is 0.259 e. The van der Waals surface area contributed by atoms with E-state index >= 15 is 0 Å². The first-order valence-corrected chi connectivity index (χ1v) is 9.80. The maximum Gasteiger partial charge on any atom is 0.259 e. The van der Waals surface area contributed by atoms with Crippen molar-refractivity contribution in [1.82, 2.24) is 14.5 Å². The molecule has 5 nitrogen and oxygen atoms in total. The van der Waals surface area contributed by atoms with Crippen LogP contribution >= 0.6 is 11.8 Å². The molecule has 0 spiro atoms. The molecule has 1 aliphatic carbocycles. The van der Waals surface area contributed by atoms with Crippen molar-refractivity contribution < 1.29 is 5.11 Å². The number of nitrogens with zero attached hydrogens (tertiary/aromatic N) is 2. The van der Waals surface area contributed by atoms with Crippen molar-refractivity contribution in [3.05, 3.63) is 47.0 Å². The van der Waals surface area contributed by atoms with Gasteiger partial charge in [-0.05, 0) is 55.5 Å². The first-order valence-electron chi connectivity index (χ1n) is 8.58. The number of aliphatic hydroxyl groups is 1. The number of aromatic nitrogens is 3. The topological polar surface area (TPSA) is 70.9 Å². The van der Waals surface area contributed by atoms with Crippen LogP contribution in [0.3, 0.4) is 0 Å². The maximum absolute atomic E-state index is 12.7. The SMILES string of the molecule is CSc1ccc2cc(-c3nccn3C3CCC(O)CC3)c(=O)[nH]c2c1. The van der Waals surface area contributed by atoms with E-state index in [9.17, 15) is 9.90 Å². The Kier molecular flexibility index (Phi) is 4.39. The average Bonchev–Trinajstić information content (AvgIpc) is 3.10. The number of nitrogens with one attached hydrogen (secondary N) is 1. The minimum Gasteiger partial charge on any atom is -0.393 e. The molecule has 0 atom stereocenters. The van der Waals surface area contributed by atoms with Crippen LogP contribution in [0.1, 0.15) is 31.7 Å². The second-order valence-corrected chi connectivity index (χ2v) is 7.47. The molecule has 2 N–H and O–H groups in total. The summed E-state index contributed by atoms with van der Waals surface area (Å²) in [6.45, 7) is 0. The number of pyridine rings is 1. The van der Waals surface area contributed by atoms with Crippen LogP contribution in [0.2, 0.25) is 0 Å². The molecule has 0 amide bonds. The standard InChI is InChI=1S/C19H21N3O2S/c1-25-15-7-2-12-10-16(19(24)21-17(12)11-15)18-20-8-9-22(18)13-3-5-14(23)6-4-13/h2,7-11,13-14,23H,3-6H2,1H3,(H,21,24). The fourth-order valence-electron chi connectivity index (χ4n) is 3.63. The molecule has 0 saturated heterocycles. The van der Waals surface area contributed by atoms with Gasteiger partial charge in [-0.1, -0.05) is 6.07 Å². The molecule has 0 bridgehead atoms. The van der Waals surface area contributed by atoms with Crippen LogP contribution in [0, 0.1) is 0 Å². The molecule has 3 aromatic rings. The molecule has 25 heavy (non-hydrogen) atoms. The van der Waals surface area contributed by atoms with E-state index in [2.05, 4.69) is 20.6 Å². The second kappa shape index (κ2) is 6.69. The number of aliphatic hydroxyl groups excluding tert-OH is 1. The van der Waals surface area contributed by atoms with E-state index in [-0.39, 0.29) is 17.7 Å². The summed E-state index contributed by atoms with van der Waals surface area (Å²) in [4.78, 5) is 21.2. The number of hydrogen-bond acceptors (Lipinski definition) is 4. The van der Waals surface area contributed by atoms with Gasteiger partial charge in [-0.15, -0.1) is 11.8 Å². The highest BCUT2D eigenvalue weighted by Gasteiger charge is 2.23. The third-order valence-electron chi connectivity index (χ3n) is 5.02. The number of benzene rings is 1. The lowest BCUT2D eigenvalue weighted by Crippen LogP contribution is -2.22. The quantitative estimate of drug-likeness (QED) is 0.705. The molecule has 130 valence electrons. The number of hydrogen-bond donors (Lipinski definition) is 2. The molecule has 6 heteroatoms. The largest absolute Gasteiger partial charge is 0.393 e. The van der Waals surface area contributed by atoms with Crippen molar-refractivity contribution >= 4 is 22.7 Å². The molecule has 1 saturated carbocycles. The van der Waals surface area contributed by atoms with Crippen molar-refractivity contribution in [3.8, 4) is 11.4 Å². The number of fused-ring (bicyclic) bond motifs is 1. The van der Waals surface area contributed by atoms with Crippen molar-refractivity contribution in [3.63, 3.8) is 0 Å². The Morgan fingerprint density at radius 2 is 2.04 bits per heavy atom. The summed E-state index contributed by atoms with van der Waals surface area (Å²) in [5, 5.41) is 10.7. The third kappa shape index (κ3) is 3.12. The zero-order valence-electron chi connectivity index (χ0n) is 14.1. The molecule has 1 aromatic carbocycles. The Hall–Kier alpha value is -2.05. The summed E-state index contributed by atoms with van der Waals surface area (Å²) in [5.41, 5.74) is 1.33. The van der Waals surface area contributed by atoms with Crippen molar-refractivity contribution in [2.45, 2.75) is 42.7 Å². The highest BCUT2D eigenvalue weighted by molar-refractivity contribution is 7.98. The molecule has 0 aliphatic heterocycles. The van der Waals surface area contributed by atoms with Gasteiger partial charge >= 0.3 is 0 Å². The van der Waals surface area contributed by atoms with Gasteiger partial charge in [-0.25, -0.2) is 4.98 Å². The number of H-pyrrole nitrogens is 1. The van der Waals surface area contributed by atoms with Gasteiger partial charge in [0.2, 0.25) is 0 Å². The molecular formula is C19H21N3O2S. The van der Waals surface area contributed by atoms with Gasteiger partial charge in [0, 0.05) is 28.8 Å². The number of imidazole rings is 1. The first-order chi connectivity index (χ1) is 12.2. The molecule has 1 aliphatic rings. The fourth-order valence-corrected chi connectivity index (χ4v) is 4.07. The van der Waals surface area contributed by atoms with Gasteiger partial charge in [-0.2, -0.15) is 0 Å². The van der Waals surface area contributed by atoms with Crippen LogP contribution in [0.25, 0.3) is 22.3 Å². The first kappa shape index (κ1) is 16.4. The average molecular weight is 355 g/mol. The van der Waals surface area contributed by atoms with E-state index in [0.29, 0.717) is 11.4 Å². The summed E-state index contributed by atoms with van der Waals surface area (Å²) < 4.78 is 2.10. The van der Waals surface area contributed by atoms with E-state index in [0.717, 1.165) is 41.5 Å². The molecule has 2 aromatic heterocycles. The minimum absolute atomic E-state index is 0.117. The molecule has 1 fully saturated rings. The lowest BCUT2D eigenvalue weighted by Gasteiger charge is -2.27. The van der Waals surface area contributed by atoms with Gasteiger partial charge in [0.05, 0.1) is 11.7 Å². The predicted octanol–water partition coefficient (Wildman–Crippen LogP) is 3.59. The molecule has 0 unspecified atom stereocenters. The van der Waals surface area contributed by atoms with Gasteiger partial charge in [0.15, 0.2) is 0 Å². The van der Waals surface area contributed by atoms with Crippen LogP contribution in [0.5, 0.6) is 0 Å². The van der Waals surface area contributed by atoms with Gasteiger partial charge in [0.25, 0.3) is 5.56 Å². The Bertz CT molecular complexity index is 955. The van der Waals surface area contributed by atoms with E-state index in [1.165, 1.54) is 0 Å². The zero-order valence-corrected chi connectivity index (χ0v) is 14.9. The zero-order chi connectivity index (χ0) is 17.4. The van der Waals surface area contributed by atoms with Crippen LogP contribution in [-0.2, 0) is 0 Å². The lowest BCUT2D eigenvalue weighted by atomic mass is 9.93. The number of thioether (sulfide) groups is 1. The maximum atomic E-state index is 12.7. The molecule has 4 rings (SSSR count). The highest BCUT2D eigenvalue weighted by Crippen LogP contribution is 2.32. The van der Waals surface area contributed by atoms with Crippen molar-refractivity contribution in [2.24, 2.45) is 0 Å². The summed E-state index contributed by atoms with van der Waals surface area (Å²) in [6, 6.07) is 8.30. The van der Waals surface area contributed by atoms with Crippen LogP contribution in [0.15, 0.2) is 46.3 Å². The summed E-state index contributed by atoms with van der Waals surface area (Å²) >= 11 is 1.65. The Labute approximate surface area is 150 Å². The Balaban J connectivity index is 1.76. The normalized spacial score (nSPS) is 20.9. The van der Waals surface area contributed by atoms with Crippen molar-refractivity contribution in [2.75, 3.05) is 6.26 Å². The summed E-state index contributed by atoms with van der Waals surface area (Å²) in [6.07, 6.45) is 8.93. The minimum atomic E-state index is -0.196. The fraction of sp³-hybridized carbons (Fsp3) is 0.368. The molecule has 0 radical (unpaired) electrons. The Morgan fingerprint density at radius 1 is 1.24 bits per heavy atom. The monoisotopic (exact) mass is 355 g/mol. The van der Waals surface area contributed by atoms with Crippen molar-refractivity contribution in [1.29, 1.82) is 0 Å². The number of rotatable bonds is 3. The third-order valence-corrected chi connectivity index (χ3v) is 5.75.